The first-order valence-corrected chi connectivity index (χ1v) is 12.7. The molecule has 170 valence electrons. The van der Waals surface area contributed by atoms with E-state index in [2.05, 4.69) is 22.1 Å². The molecule has 2 aromatic heterocycles. The van der Waals surface area contributed by atoms with E-state index in [9.17, 15) is 9.59 Å². The lowest BCUT2D eigenvalue weighted by molar-refractivity contribution is -0.122. The van der Waals surface area contributed by atoms with Gasteiger partial charge < -0.3 is 10.3 Å². The zero-order chi connectivity index (χ0) is 22.7. The number of benzene rings is 1. The van der Waals surface area contributed by atoms with Gasteiger partial charge in [-0.15, -0.1) is 11.3 Å². The summed E-state index contributed by atoms with van der Waals surface area (Å²) in [5, 5.41) is 2.10. The molecule has 3 aromatic rings. The fourth-order valence-corrected chi connectivity index (χ4v) is 5.67. The summed E-state index contributed by atoms with van der Waals surface area (Å²) in [5.41, 5.74) is 8.15. The number of carbonyl (C=O) groups is 2. The van der Waals surface area contributed by atoms with Crippen LogP contribution in [0.5, 0.6) is 0 Å². The number of carbonyl (C=O) groups excluding carboxylic acids is 2. The van der Waals surface area contributed by atoms with Gasteiger partial charge in [0.2, 0.25) is 5.91 Å². The Balaban J connectivity index is 1.66. The van der Waals surface area contributed by atoms with Crippen molar-refractivity contribution < 1.29 is 9.59 Å². The van der Waals surface area contributed by atoms with Crippen LogP contribution in [0.3, 0.4) is 0 Å². The van der Waals surface area contributed by atoms with Crippen LogP contribution in [0.15, 0.2) is 35.7 Å². The number of aromatic nitrogens is 2. The predicted octanol–water partition coefficient (Wildman–Crippen LogP) is 5.91. The molecule has 0 saturated heterocycles. The van der Waals surface area contributed by atoms with Crippen LogP contribution in [0.2, 0.25) is 0 Å². The third-order valence-electron chi connectivity index (χ3n) is 6.53. The number of rotatable bonds is 9. The number of nitrogens with zero attached hydrogens (tertiary/aromatic N) is 2. The van der Waals surface area contributed by atoms with Crippen molar-refractivity contribution in [1.82, 2.24) is 9.55 Å². The molecule has 1 aliphatic rings. The quantitative estimate of drug-likeness (QED) is 0.411. The first-order chi connectivity index (χ1) is 15.4. The summed E-state index contributed by atoms with van der Waals surface area (Å²) in [6, 6.07) is 10.6. The second kappa shape index (κ2) is 9.99. The topological polar surface area (TPSA) is 78.0 Å². The highest BCUT2D eigenvalue weighted by Gasteiger charge is 2.24. The minimum Gasteiger partial charge on any atom is -0.369 e. The lowest BCUT2D eigenvalue weighted by Crippen LogP contribution is -2.27. The molecule has 0 spiro atoms. The van der Waals surface area contributed by atoms with Crippen LogP contribution >= 0.6 is 11.3 Å². The number of amides is 1. The number of fused-ring (bicyclic) bond motifs is 1. The van der Waals surface area contributed by atoms with Gasteiger partial charge in [0.25, 0.3) is 0 Å². The largest absolute Gasteiger partial charge is 0.369 e. The van der Waals surface area contributed by atoms with Crippen molar-refractivity contribution in [3.63, 3.8) is 0 Å². The van der Waals surface area contributed by atoms with Crippen LogP contribution in [-0.2, 0) is 11.2 Å². The summed E-state index contributed by atoms with van der Waals surface area (Å²) in [6.45, 7) is 4.08. The molecule has 4 rings (SSSR count). The minimum absolute atomic E-state index is 0.0385. The van der Waals surface area contributed by atoms with E-state index in [4.69, 9.17) is 10.7 Å². The van der Waals surface area contributed by atoms with Gasteiger partial charge in [-0.25, -0.2) is 4.98 Å². The van der Waals surface area contributed by atoms with Gasteiger partial charge in [0.1, 0.15) is 5.82 Å². The number of hydrogen-bond donors (Lipinski definition) is 1. The van der Waals surface area contributed by atoms with E-state index in [1.165, 1.54) is 37.0 Å². The van der Waals surface area contributed by atoms with E-state index in [1.807, 2.05) is 32.0 Å². The zero-order valence-corrected chi connectivity index (χ0v) is 19.9. The molecule has 1 fully saturated rings. The molecule has 1 aliphatic carbocycles. The van der Waals surface area contributed by atoms with Crippen molar-refractivity contribution in [2.24, 2.45) is 17.6 Å². The Morgan fingerprint density at radius 1 is 1.19 bits per heavy atom. The van der Waals surface area contributed by atoms with Crippen LogP contribution in [-0.4, -0.2) is 21.2 Å². The molecule has 2 heterocycles. The average Bonchev–Trinajstić information content (AvgIpc) is 3.40. The van der Waals surface area contributed by atoms with E-state index in [1.54, 1.807) is 11.3 Å². The molecule has 0 aliphatic heterocycles. The van der Waals surface area contributed by atoms with Crippen LogP contribution in [0, 0.1) is 11.8 Å². The number of hydrogen-bond acceptors (Lipinski definition) is 4. The fraction of sp³-hybridized carbons (Fsp3) is 0.500. The molecule has 0 unspecified atom stereocenters. The zero-order valence-electron chi connectivity index (χ0n) is 19.0. The first kappa shape index (κ1) is 22.7. The van der Waals surface area contributed by atoms with Gasteiger partial charge in [0, 0.05) is 35.2 Å². The van der Waals surface area contributed by atoms with Crippen molar-refractivity contribution in [1.29, 1.82) is 0 Å². The highest BCUT2D eigenvalue weighted by Crippen LogP contribution is 2.34. The highest BCUT2D eigenvalue weighted by molar-refractivity contribution is 7.09. The molecule has 0 radical (unpaired) electrons. The fourth-order valence-electron chi connectivity index (χ4n) is 4.97. The number of nitrogens with two attached hydrogens (primary N) is 1. The summed E-state index contributed by atoms with van der Waals surface area (Å²) in [5.74, 6) is 0.534. The lowest BCUT2D eigenvalue weighted by Gasteiger charge is -2.25. The van der Waals surface area contributed by atoms with Crippen LogP contribution in [0.25, 0.3) is 11.0 Å². The Morgan fingerprint density at radius 2 is 1.97 bits per heavy atom. The number of primary amides is 1. The van der Waals surface area contributed by atoms with Gasteiger partial charge in [0.15, 0.2) is 5.78 Å². The smallest absolute Gasteiger partial charge is 0.220 e. The maximum absolute atomic E-state index is 13.0. The van der Waals surface area contributed by atoms with Gasteiger partial charge in [-0.05, 0) is 54.8 Å². The normalized spacial score (nSPS) is 16.0. The Hall–Kier alpha value is -2.47. The van der Waals surface area contributed by atoms with Crippen LogP contribution < -0.4 is 5.73 Å². The van der Waals surface area contributed by atoms with Gasteiger partial charge in [0.05, 0.1) is 11.0 Å². The average molecular weight is 452 g/mol. The molecule has 32 heavy (non-hydrogen) atoms. The van der Waals surface area contributed by atoms with Gasteiger partial charge in [-0.1, -0.05) is 39.2 Å². The third kappa shape index (κ3) is 5.12. The number of ketones is 1. The molecule has 2 N–H and O–H groups in total. The van der Waals surface area contributed by atoms with Crippen molar-refractivity contribution in [2.75, 3.05) is 0 Å². The second-order valence-corrected chi connectivity index (χ2v) is 10.5. The minimum atomic E-state index is -0.424. The van der Waals surface area contributed by atoms with E-state index in [0.29, 0.717) is 23.9 Å². The summed E-state index contributed by atoms with van der Waals surface area (Å²) in [4.78, 5) is 31.1. The van der Waals surface area contributed by atoms with Gasteiger partial charge in [-0.3, -0.25) is 9.59 Å². The maximum Gasteiger partial charge on any atom is 0.220 e. The van der Waals surface area contributed by atoms with Crippen molar-refractivity contribution in [3.8, 4) is 0 Å². The number of thiophene rings is 1. The highest BCUT2D eigenvalue weighted by atomic mass is 32.1. The molecule has 1 atom stereocenters. The molecule has 5 nitrogen and oxygen atoms in total. The summed E-state index contributed by atoms with van der Waals surface area (Å²) >= 11 is 1.75. The Labute approximate surface area is 194 Å². The molecule has 0 bridgehead atoms. The van der Waals surface area contributed by atoms with Crippen molar-refractivity contribution in [3.05, 3.63) is 52.0 Å². The predicted molar refractivity (Wildman–Crippen MR) is 130 cm³/mol. The van der Waals surface area contributed by atoms with Gasteiger partial charge in [-0.2, -0.15) is 0 Å². The number of Topliss-reactive ketones (excluding diaryl/α,β-unsaturated/α-hetero) is 1. The van der Waals surface area contributed by atoms with Crippen molar-refractivity contribution in [2.45, 2.75) is 71.3 Å². The molecule has 1 amide bonds. The Bertz CT molecular complexity index is 1080. The van der Waals surface area contributed by atoms with Crippen molar-refractivity contribution >= 4 is 34.1 Å². The molecular weight excluding hydrogens is 418 g/mol. The Kier molecular flexibility index (Phi) is 7.09. The third-order valence-corrected chi connectivity index (χ3v) is 7.40. The number of imidazole rings is 1. The van der Waals surface area contributed by atoms with E-state index in [-0.39, 0.29) is 12.2 Å². The SMILES string of the molecule is CC(C)C[C@H](CC(=O)c1ccc2c(c1)nc(Cc1cccs1)n2C1CCCCC1)C(N)=O. The molecule has 6 heteroatoms. The molecule has 1 aromatic carbocycles. The lowest BCUT2D eigenvalue weighted by atomic mass is 9.90. The van der Waals surface area contributed by atoms with E-state index < -0.39 is 11.8 Å². The van der Waals surface area contributed by atoms with E-state index >= 15 is 0 Å². The summed E-state index contributed by atoms with van der Waals surface area (Å²) in [7, 11) is 0. The molecular formula is C26H33N3O2S. The van der Waals surface area contributed by atoms with Crippen LogP contribution in [0.1, 0.15) is 85.9 Å². The first-order valence-electron chi connectivity index (χ1n) is 11.8. The second-order valence-electron chi connectivity index (χ2n) is 9.51. The standard InChI is InChI=1S/C26H33N3O2S/c1-17(2)13-19(26(27)31)15-24(30)18-10-11-23-22(14-18)28-25(16-21-9-6-12-32-21)29(23)20-7-4-3-5-8-20/h6,9-12,14,17,19-20H,3-5,7-8,13,15-16H2,1-2H3,(H2,27,31)/t19-/m1/s1. The summed E-state index contributed by atoms with van der Waals surface area (Å²) in [6.07, 6.45) is 7.77. The summed E-state index contributed by atoms with van der Waals surface area (Å²) < 4.78 is 2.42. The van der Waals surface area contributed by atoms with Gasteiger partial charge >= 0.3 is 0 Å². The Morgan fingerprint density at radius 3 is 2.62 bits per heavy atom. The van der Waals surface area contributed by atoms with E-state index in [0.717, 1.165) is 23.3 Å². The maximum atomic E-state index is 13.0. The molecule has 1 saturated carbocycles. The van der Waals surface area contributed by atoms with Crippen LogP contribution in [0.4, 0.5) is 0 Å². The monoisotopic (exact) mass is 451 g/mol.